The van der Waals surface area contributed by atoms with Crippen LogP contribution in [0.4, 0.5) is 8.78 Å². The van der Waals surface area contributed by atoms with Gasteiger partial charge in [0.2, 0.25) is 9.84 Å². The molecule has 0 bridgehead atoms. The predicted molar refractivity (Wildman–Crippen MR) is 144 cm³/mol. The van der Waals surface area contributed by atoms with E-state index in [-0.39, 0.29) is 26.7 Å². The highest BCUT2D eigenvalue weighted by Gasteiger charge is 2.23. The second-order valence-corrected chi connectivity index (χ2v) is 11.9. The lowest BCUT2D eigenvalue weighted by Crippen LogP contribution is -2.12. The van der Waals surface area contributed by atoms with Crippen LogP contribution in [0.1, 0.15) is 12.5 Å². The van der Waals surface area contributed by atoms with Gasteiger partial charge < -0.3 is 9.52 Å². The van der Waals surface area contributed by atoms with Gasteiger partial charge in [0.1, 0.15) is 22.8 Å². The van der Waals surface area contributed by atoms with Crippen molar-refractivity contribution in [2.45, 2.75) is 22.5 Å². The number of fused-ring (bicyclic) bond motifs is 3. The summed E-state index contributed by atoms with van der Waals surface area (Å²) in [5.41, 5.74) is 2.09. The summed E-state index contributed by atoms with van der Waals surface area (Å²) in [7, 11) is -4.20. The van der Waals surface area contributed by atoms with Gasteiger partial charge in [0.15, 0.2) is 0 Å². The minimum atomic E-state index is -4.20. The van der Waals surface area contributed by atoms with Gasteiger partial charge in [0.05, 0.1) is 15.7 Å². The predicted octanol–water partition coefficient (Wildman–Crippen LogP) is 7.32. The molecular weight excluding hydrogens is 530 g/mol. The zero-order chi connectivity index (χ0) is 27.0. The van der Waals surface area contributed by atoms with Crippen molar-refractivity contribution < 1.29 is 31.5 Å². The largest absolute Gasteiger partial charge is 0.481 e. The number of halogens is 2. The number of thioether (sulfide) groups is 1. The van der Waals surface area contributed by atoms with Gasteiger partial charge in [-0.05, 0) is 42.0 Å². The van der Waals surface area contributed by atoms with Crippen LogP contribution in [0.3, 0.4) is 0 Å². The van der Waals surface area contributed by atoms with E-state index < -0.39 is 33.4 Å². The normalized spacial score (nSPS) is 12.7. The van der Waals surface area contributed by atoms with Crippen molar-refractivity contribution in [2.24, 2.45) is 5.92 Å². The average Bonchev–Trinajstić information content (AvgIpc) is 3.28. The van der Waals surface area contributed by atoms with Crippen LogP contribution in [0.15, 0.2) is 93.1 Å². The fourth-order valence-electron chi connectivity index (χ4n) is 4.21. The summed E-state index contributed by atoms with van der Waals surface area (Å²) in [5, 5.41) is 10.7. The van der Waals surface area contributed by atoms with E-state index in [1.54, 1.807) is 19.1 Å². The van der Waals surface area contributed by atoms with E-state index in [1.807, 2.05) is 30.3 Å². The van der Waals surface area contributed by atoms with Gasteiger partial charge >= 0.3 is 5.97 Å². The molecule has 0 fully saturated rings. The van der Waals surface area contributed by atoms with Gasteiger partial charge in [-0.15, -0.1) is 0 Å². The Morgan fingerprint density at radius 2 is 1.58 bits per heavy atom. The number of carboxylic acids is 1. The average molecular weight is 553 g/mol. The maximum absolute atomic E-state index is 15.3. The molecule has 0 aliphatic carbocycles. The Hall–Kier alpha value is -3.69. The molecule has 0 saturated heterocycles. The van der Waals surface area contributed by atoms with Crippen molar-refractivity contribution in [3.8, 4) is 11.1 Å². The molecule has 4 aromatic carbocycles. The number of carboxylic acid groups (broad SMARTS) is 1. The second kappa shape index (κ2) is 10.2. The molecule has 0 radical (unpaired) electrons. The van der Waals surface area contributed by atoms with Crippen molar-refractivity contribution in [3.05, 3.63) is 96.1 Å². The van der Waals surface area contributed by atoms with E-state index in [1.165, 1.54) is 36.0 Å². The Labute approximate surface area is 222 Å². The Kier molecular flexibility index (Phi) is 6.98. The number of para-hydroxylation sites is 2. The molecular formula is C29H22F2O5S2. The molecule has 1 aromatic heterocycles. The van der Waals surface area contributed by atoms with Crippen LogP contribution in [0, 0.1) is 17.6 Å². The summed E-state index contributed by atoms with van der Waals surface area (Å²) in [4.78, 5) is 10.3. The molecule has 0 spiro atoms. The zero-order valence-electron chi connectivity index (χ0n) is 20.1. The molecule has 5 rings (SSSR count). The number of hydrogen-bond donors (Lipinski definition) is 1. The molecule has 1 N–H and O–H groups in total. The minimum absolute atomic E-state index is 0.183. The van der Waals surface area contributed by atoms with Crippen molar-refractivity contribution in [3.63, 3.8) is 0 Å². The fourth-order valence-corrected chi connectivity index (χ4v) is 6.56. The van der Waals surface area contributed by atoms with Crippen molar-refractivity contribution in [1.82, 2.24) is 0 Å². The molecule has 1 atom stereocenters. The molecule has 5 aromatic rings. The standard InChI is InChI=1S/C29H22F2O5S2/c1-17(29(32)33)15-37-16-18-9-10-19(13-25(18)30)38(34,35)20-11-12-21(26(31)14-20)23-6-4-7-24-22-5-2-3-8-27(22)36-28(23)24/h2-14,17H,15-16H2,1H3,(H,32,33). The van der Waals surface area contributed by atoms with Crippen molar-refractivity contribution >= 4 is 49.5 Å². The van der Waals surface area contributed by atoms with Crippen LogP contribution in [0.25, 0.3) is 33.1 Å². The van der Waals surface area contributed by atoms with E-state index in [4.69, 9.17) is 9.52 Å². The van der Waals surface area contributed by atoms with Gasteiger partial charge in [-0.2, -0.15) is 11.8 Å². The fraction of sp³-hybridized carbons (Fsp3) is 0.138. The molecule has 194 valence electrons. The minimum Gasteiger partial charge on any atom is -0.481 e. The maximum atomic E-state index is 15.3. The number of carbonyl (C=O) groups is 1. The number of sulfone groups is 1. The first-order chi connectivity index (χ1) is 18.2. The summed E-state index contributed by atoms with van der Waals surface area (Å²) in [6.07, 6.45) is 0. The van der Waals surface area contributed by atoms with E-state index in [2.05, 4.69) is 0 Å². The summed E-state index contributed by atoms with van der Waals surface area (Å²) >= 11 is 1.24. The zero-order valence-corrected chi connectivity index (χ0v) is 21.8. The van der Waals surface area contributed by atoms with Gasteiger partial charge in [-0.25, -0.2) is 17.2 Å². The first-order valence-corrected chi connectivity index (χ1v) is 14.3. The lowest BCUT2D eigenvalue weighted by molar-refractivity contribution is -0.140. The monoisotopic (exact) mass is 552 g/mol. The first-order valence-electron chi connectivity index (χ1n) is 11.7. The van der Waals surface area contributed by atoms with Gasteiger partial charge in [-0.1, -0.05) is 49.4 Å². The molecule has 0 aliphatic rings. The summed E-state index contributed by atoms with van der Waals surface area (Å²) in [5.74, 6) is -2.51. The molecule has 1 unspecified atom stereocenters. The molecule has 9 heteroatoms. The Morgan fingerprint density at radius 3 is 2.29 bits per heavy atom. The number of aliphatic carboxylic acids is 1. The third-order valence-electron chi connectivity index (χ3n) is 6.33. The quantitative estimate of drug-likeness (QED) is 0.217. The molecule has 38 heavy (non-hydrogen) atoms. The molecule has 0 aliphatic heterocycles. The van der Waals surface area contributed by atoms with Crippen LogP contribution in [-0.2, 0) is 20.4 Å². The third-order valence-corrected chi connectivity index (χ3v) is 9.33. The third kappa shape index (κ3) is 4.79. The number of rotatable bonds is 8. The van der Waals surface area contributed by atoms with E-state index in [0.29, 0.717) is 22.5 Å². The number of benzene rings is 4. The van der Waals surface area contributed by atoms with Gasteiger partial charge in [0.25, 0.3) is 0 Å². The first kappa shape index (κ1) is 25.9. The lowest BCUT2D eigenvalue weighted by Gasteiger charge is -2.10. The Morgan fingerprint density at radius 1 is 0.895 bits per heavy atom. The SMILES string of the molecule is CC(CSCc1ccc(S(=O)(=O)c2ccc(-c3cccc4c3oc3ccccc34)c(F)c2)cc1F)C(=O)O. The van der Waals surface area contributed by atoms with Crippen LogP contribution in [0.2, 0.25) is 0 Å². The highest BCUT2D eigenvalue weighted by molar-refractivity contribution is 7.98. The molecule has 5 nitrogen and oxygen atoms in total. The van der Waals surface area contributed by atoms with Gasteiger partial charge in [-0.3, -0.25) is 4.79 Å². The van der Waals surface area contributed by atoms with Crippen molar-refractivity contribution in [2.75, 3.05) is 5.75 Å². The molecule has 1 heterocycles. The van der Waals surface area contributed by atoms with E-state index >= 15 is 4.39 Å². The molecule has 0 amide bonds. The second-order valence-electron chi connectivity index (χ2n) is 8.93. The van der Waals surface area contributed by atoms with E-state index in [9.17, 15) is 17.6 Å². The van der Waals surface area contributed by atoms with Gasteiger partial charge in [0, 0.05) is 33.4 Å². The summed E-state index contributed by atoms with van der Waals surface area (Å²) in [6, 6.07) is 20.0. The van der Waals surface area contributed by atoms with Crippen LogP contribution in [0.5, 0.6) is 0 Å². The highest BCUT2D eigenvalue weighted by Crippen LogP contribution is 2.37. The molecule has 0 saturated carbocycles. The van der Waals surface area contributed by atoms with Crippen LogP contribution >= 0.6 is 11.8 Å². The summed E-state index contributed by atoms with van der Waals surface area (Å²) in [6.45, 7) is 1.56. The van der Waals surface area contributed by atoms with E-state index in [0.717, 1.165) is 22.9 Å². The topological polar surface area (TPSA) is 84.6 Å². The lowest BCUT2D eigenvalue weighted by atomic mass is 10.0. The smallest absolute Gasteiger partial charge is 0.307 e. The maximum Gasteiger partial charge on any atom is 0.307 e. The summed E-state index contributed by atoms with van der Waals surface area (Å²) < 4.78 is 62.4. The Balaban J connectivity index is 1.43. The number of furan rings is 1. The van der Waals surface area contributed by atoms with Crippen molar-refractivity contribution in [1.29, 1.82) is 0 Å². The number of hydrogen-bond acceptors (Lipinski definition) is 5. The van der Waals surface area contributed by atoms with Crippen LogP contribution < -0.4 is 0 Å². The van der Waals surface area contributed by atoms with Crippen LogP contribution in [-0.4, -0.2) is 25.2 Å². The Bertz CT molecular complexity index is 1790. The highest BCUT2D eigenvalue weighted by atomic mass is 32.2.